The Bertz CT molecular complexity index is 6610. The quantitative estimate of drug-likeness (QED) is 0.0206. The van der Waals surface area contributed by atoms with E-state index in [1.165, 1.54) is 62.3 Å². The van der Waals surface area contributed by atoms with Crippen molar-refractivity contribution in [1.82, 2.24) is 52.9 Å². The number of carbonyl (C=O) groups is 2. The van der Waals surface area contributed by atoms with Gasteiger partial charge in [-0.1, -0.05) is 92.7 Å². The van der Waals surface area contributed by atoms with Gasteiger partial charge in [0.25, 0.3) is 53.4 Å². The van der Waals surface area contributed by atoms with Gasteiger partial charge < -0.3 is 38.7 Å². The average Bonchev–Trinajstić information content (AvgIpc) is 1.70. The van der Waals surface area contributed by atoms with Crippen molar-refractivity contribution in [2.75, 3.05) is 121 Å². The van der Waals surface area contributed by atoms with Crippen LogP contribution in [0.4, 0.5) is 22.7 Å². The molecule has 0 radical (unpaired) electrons. The SMILES string of the molecule is CC1(C)CCC(CN2CCN(c3ccc(C(=O)NS(=O)(=O)c4cc5c(c([N+](=O)[O-])c4)C[C@@H](CNS(=O)(=O)N4CCCCC4)CO5)c(Oc4cnc5[nH]ccc5c4)c3)CC2)=C(c2ccc(Cl)cc2)C1.CC1(C)CCC(CN2CCN(c3ccc(C(=O)NS(=O)(=O)c4cc5c(c([N+](=O)[O-])c4)C[C@@H](CNS(C)(=O)=O)CO5)c(Oc4cnc5[nH]ccc5c4)c3)CC2)=C(c2ccc(Cl)cc2)C1. The number of allylic oxidation sites excluding steroid dienone is 2. The number of piperidine rings is 1. The number of aromatic nitrogens is 4. The van der Waals surface area contributed by atoms with Crippen molar-refractivity contribution in [3.8, 4) is 34.5 Å². The number of aromatic amines is 2. The molecule has 0 bridgehead atoms. The Labute approximate surface area is 770 Å². The normalized spacial score (nSPS) is 18.8. The van der Waals surface area contributed by atoms with Gasteiger partial charge >= 0.3 is 0 Å². The molecule has 39 heteroatoms. The lowest BCUT2D eigenvalue weighted by Crippen LogP contribution is -2.47. The second-order valence-electron chi connectivity index (χ2n) is 36.0. The number of benzene rings is 6. The largest absolute Gasteiger partial charge is 0.493 e. The van der Waals surface area contributed by atoms with Crippen molar-refractivity contribution in [3.63, 3.8) is 0 Å². The van der Waals surface area contributed by atoms with Gasteiger partial charge in [0.2, 0.25) is 10.0 Å². The van der Waals surface area contributed by atoms with Gasteiger partial charge in [0, 0.05) is 184 Å². The fraction of sp³-hybridized carbons (Fsp3) is 0.391. The number of nitro groups is 2. The molecule has 692 valence electrons. The number of carbonyl (C=O) groups excluding carboxylic acids is 2. The molecule has 131 heavy (non-hydrogen) atoms. The summed E-state index contributed by atoms with van der Waals surface area (Å²) in [6, 6.07) is 37.3. The minimum Gasteiger partial charge on any atom is -0.493 e. The molecule has 2 amide bonds. The number of piperazine rings is 2. The summed E-state index contributed by atoms with van der Waals surface area (Å²) in [6.07, 6.45) is 16.4. The summed E-state index contributed by atoms with van der Waals surface area (Å²) in [6.45, 7) is 17.7. The Kier molecular flexibility index (Phi) is 27.5. The number of nitrogens with one attached hydrogen (secondary N) is 6. The number of hydrogen-bond acceptors (Lipinski definition) is 24. The van der Waals surface area contributed by atoms with Crippen LogP contribution in [0.1, 0.15) is 128 Å². The number of H-pyrrole nitrogens is 2. The highest BCUT2D eigenvalue weighted by atomic mass is 35.5. The number of amides is 2. The van der Waals surface area contributed by atoms with Gasteiger partial charge in [-0.25, -0.2) is 54.1 Å². The van der Waals surface area contributed by atoms with E-state index in [1.54, 1.807) is 48.8 Å². The summed E-state index contributed by atoms with van der Waals surface area (Å²) in [5, 5.41) is 27.5. The van der Waals surface area contributed by atoms with E-state index < -0.39 is 94.9 Å². The van der Waals surface area contributed by atoms with Gasteiger partial charge in [-0.05, 0) is 170 Å². The molecule has 33 nitrogen and oxygen atoms in total. The van der Waals surface area contributed by atoms with Crippen molar-refractivity contribution >= 4 is 131 Å². The first-order valence-electron chi connectivity index (χ1n) is 43.5. The molecule has 5 aliphatic heterocycles. The van der Waals surface area contributed by atoms with Crippen LogP contribution in [0.3, 0.4) is 0 Å². The number of rotatable bonds is 27. The molecule has 3 saturated heterocycles. The molecule has 0 saturated carbocycles. The number of anilines is 2. The van der Waals surface area contributed by atoms with Crippen molar-refractivity contribution in [2.24, 2.45) is 22.7 Å². The summed E-state index contributed by atoms with van der Waals surface area (Å²) in [5.41, 5.74) is 10.3. The molecule has 3 fully saturated rings. The summed E-state index contributed by atoms with van der Waals surface area (Å²) in [4.78, 5) is 74.3. The summed E-state index contributed by atoms with van der Waals surface area (Å²) >= 11 is 12.5. The first-order valence-corrected chi connectivity index (χ1v) is 50.6. The van der Waals surface area contributed by atoms with Crippen LogP contribution in [-0.2, 0) is 53.1 Å². The second kappa shape index (κ2) is 38.6. The average molecular weight is 1910 g/mol. The van der Waals surface area contributed by atoms with Crippen LogP contribution in [-0.4, -0.2) is 200 Å². The molecule has 10 aromatic rings. The molecule has 9 heterocycles. The standard InChI is InChI=1S/C48H55ClN8O9S2.C44H48ClN7O9S2/c1-48(2)14-12-35(42(27-48)33-6-8-36(49)9-7-33)30-54-18-20-55(21-19-54)37-10-11-40(45(24-37)66-38-23-34-13-15-50-46(34)51-29-38)47(58)53-67(61,62)39-25-43(57(59)60)41-22-32(31-65-44(41)26-39)28-52-68(63,64)56-16-4-3-5-17-56;1-44(2)12-10-31(38(23-44)29-4-6-32(45)7-5-29)26-50-14-16-51(17-15-50)33-8-9-36(41(20-33)61-34-19-30-11-13-46-42(30)47-25-34)43(53)49-63(58,59)35-21-39(52(54)55)37-18-28(24-48-62(3,56)57)27-60-40(37)22-35/h6-11,13,15,23-26,29,32,52H,3-5,12,14,16-22,27-28,30-31H2,1-2H3,(H,50,51)(H,53,58);4-9,11,13,19-22,25,28,48H,10,12,14-18,23-24,26-27H2,1-3H3,(H,46,47)(H,49,53)/t32-;28-/m00/s1. The Morgan fingerprint density at radius 2 is 0.939 bits per heavy atom. The molecule has 7 aliphatic rings. The fourth-order valence-electron chi connectivity index (χ4n) is 18.0. The lowest BCUT2D eigenvalue weighted by atomic mass is 9.72. The third kappa shape index (κ3) is 22.5. The number of fused-ring (bicyclic) bond motifs is 4. The zero-order valence-corrected chi connectivity index (χ0v) is 77.8. The molecule has 4 aromatic heterocycles. The van der Waals surface area contributed by atoms with E-state index in [-0.39, 0.29) is 95.2 Å². The zero-order valence-electron chi connectivity index (χ0n) is 73.0. The van der Waals surface area contributed by atoms with Gasteiger partial charge in [-0.15, -0.1) is 0 Å². The highest BCUT2D eigenvalue weighted by Gasteiger charge is 2.39. The molecule has 6 aromatic carbocycles. The van der Waals surface area contributed by atoms with Crippen molar-refractivity contribution < 1.29 is 72.1 Å². The summed E-state index contributed by atoms with van der Waals surface area (Å²) < 4.78 is 139. The number of sulfonamides is 3. The first-order chi connectivity index (χ1) is 62.4. The zero-order chi connectivity index (χ0) is 92.5. The van der Waals surface area contributed by atoms with Gasteiger partial charge in [0.05, 0.1) is 73.8 Å². The van der Waals surface area contributed by atoms with Gasteiger partial charge in [0.1, 0.15) is 45.8 Å². The van der Waals surface area contributed by atoms with E-state index in [1.807, 2.05) is 36.4 Å². The number of nitro benzene ring substituents is 2. The smallest absolute Gasteiger partial charge is 0.279 e. The van der Waals surface area contributed by atoms with Crippen LogP contribution in [0.25, 0.3) is 33.2 Å². The minimum absolute atomic E-state index is 0.0180. The molecule has 0 spiro atoms. The number of pyridine rings is 2. The van der Waals surface area contributed by atoms with Crippen molar-refractivity contribution in [2.45, 2.75) is 108 Å². The van der Waals surface area contributed by atoms with E-state index in [9.17, 15) is 63.5 Å². The fourth-order valence-corrected chi connectivity index (χ4v) is 22.2. The van der Waals surface area contributed by atoms with Crippen LogP contribution in [0.5, 0.6) is 34.5 Å². The van der Waals surface area contributed by atoms with Crippen molar-refractivity contribution in [3.05, 3.63) is 233 Å². The van der Waals surface area contributed by atoms with Crippen LogP contribution in [0, 0.1) is 42.9 Å². The molecule has 6 N–H and O–H groups in total. The third-order valence-electron chi connectivity index (χ3n) is 25.3. The summed E-state index contributed by atoms with van der Waals surface area (Å²) in [7, 11) is -16.7. The Morgan fingerprint density at radius 3 is 1.34 bits per heavy atom. The van der Waals surface area contributed by atoms with E-state index in [2.05, 4.69) is 110 Å². The van der Waals surface area contributed by atoms with Gasteiger partial charge in [-0.3, -0.25) is 39.6 Å². The molecule has 2 aliphatic carbocycles. The third-order valence-corrected chi connectivity index (χ3v) is 30.6. The molecule has 17 rings (SSSR count). The summed E-state index contributed by atoms with van der Waals surface area (Å²) in [5.74, 6) is -2.23. The predicted octanol–water partition coefficient (Wildman–Crippen LogP) is 14.6. The van der Waals surface area contributed by atoms with E-state index in [0.29, 0.717) is 72.1 Å². The number of halogens is 2. The maximum atomic E-state index is 14.1. The number of ether oxygens (including phenoxy) is 4. The van der Waals surface area contributed by atoms with Crippen molar-refractivity contribution in [1.29, 1.82) is 0 Å². The monoisotopic (exact) mass is 1900 g/mol. The maximum absolute atomic E-state index is 14.1. The predicted molar refractivity (Wildman–Crippen MR) is 501 cm³/mol. The highest BCUT2D eigenvalue weighted by molar-refractivity contribution is 7.90. The molecule has 0 unspecified atom stereocenters. The first kappa shape index (κ1) is 93.1. The Morgan fingerprint density at radius 1 is 0.527 bits per heavy atom. The molecular weight excluding hydrogens is 1800 g/mol. The Hall–Kier alpha value is -11.1. The maximum Gasteiger partial charge on any atom is 0.279 e. The van der Waals surface area contributed by atoms with Gasteiger partial charge in [0.15, 0.2) is 0 Å². The minimum atomic E-state index is -4.72. The highest BCUT2D eigenvalue weighted by Crippen LogP contribution is 2.47. The van der Waals surface area contributed by atoms with Gasteiger partial charge in [-0.2, -0.15) is 12.7 Å². The Balaban J connectivity index is 0.000000192. The molecule has 2 atom stereocenters. The second-order valence-corrected chi connectivity index (χ2v) is 43.9. The van der Waals surface area contributed by atoms with E-state index in [4.69, 9.17) is 42.1 Å². The lowest BCUT2D eigenvalue weighted by Gasteiger charge is -2.39. The molecular formula is C92H103Cl2N15O18S4. The lowest BCUT2D eigenvalue weighted by molar-refractivity contribution is -0.386. The van der Waals surface area contributed by atoms with Crippen LogP contribution >= 0.6 is 23.2 Å². The number of hydrogen-bond donors (Lipinski definition) is 6. The van der Waals surface area contributed by atoms with E-state index >= 15 is 0 Å². The topological polar surface area (TPSA) is 416 Å². The van der Waals surface area contributed by atoms with Crippen LogP contribution < -0.4 is 47.6 Å². The number of nitrogens with zero attached hydrogens (tertiary/aromatic N) is 9. The van der Waals surface area contributed by atoms with Crippen LogP contribution in [0.15, 0.2) is 179 Å². The van der Waals surface area contributed by atoms with Crippen LogP contribution in [0.2, 0.25) is 10.0 Å². The van der Waals surface area contributed by atoms with E-state index in [0.717, 1.165) is 150 Å².